The van der Waals surface area contributed by atoms with Crippen molar-refractivity contribution in [2.75, 3.05) is 0 Å². The first kappa shape index (κ1) is 15.8. The van der Waals surface area contributed by atoms with E-state index in [0.717, 1.165) is 48.5 Å². The molecule has 0 saturated heterocycles. The lowest BCUT2D eigenvalue weighted by Crippen LogP contribution is -2.27. The molecule has 0 fully saturated rings. The van der Waals surface area contributed by atoms with Gasteiger partial charge in [-0.2, -0.15) is 5.10 Å². The molecule has 0 saturated carbocycles. The molecule has 0 spiro atoms. The van der Waals surface area contributed by atoms with Crippen molar-refractivity contribution < 1.29 is 4.79 Å². The normalized spacial score (nSPS) is 14.1. The molecule has 0 unspecified atom stereocenters. The molecule has 3 rings (SSSR count). The van der Waals surface area contributed by atoms with Gasteiger partial charge in [0.05, 0.1) is 24.3 Å². The quantitative estimate of drug-likeness (QED) is 0.919. The maximum absolute atomic E-state index is 12.6. The zero-order chi connectivity index (χ0) is 16.4. The lowest BCUT2D eigenvalue weighted by atomic mass is 9.95. The van der Waals surface area contributed by atoms with Crippen molar-refractivity contribution in [3.05, 3.63) is 35.2 Å². The fourth-order valence-corrected chi connectivity index (χ4v) is 3.27. The smallest absolute Gasteiger partial charge is 0.270 e. The zero-order valence-electron chi connectivity index (χ0n) is 14.2. The van der Waals surface area contributed by atoms with Gasteiger partial charge in [-0.3, -0.25) is 9.48 Å². The van der Waals surface area contributed by atoms with Crippen LogP contribution >= 0.6 is 0 Å². The van der Waals surface area contributed by atoms with Gasteiger partial charge in [-0.25, -0.2) is 4.98 Å². The van der Waals surface area contributed by atoms with E-state index in [0.29, 0.717) is 12.5 Å². The highest BCUT2D eigenvalue weighted by Crippen LogP contribution is 2.23. The van der Waals surface area contributed by atoms with Gasteiger partial charge in [0.15, 0.2) is 0 Å². The molecule has 1 aliphatic rings. The Kier molecular flexibility index (Phi) is 4.50. The maximum Gasteiger partial charge on any atom is 0.270 e. The number of imidazole rings is 1. The van der Waals surface area contributed by atoms with E-state index in [1.165, 1.54) is 6.42 Å². The molecule has 23 heavy (non-hydrogen) atoms. The maximum atomic E-state index is 12.6. The van der Waals surface area contributed by atoms with Crippen LogP contribution in [0.3, 0.4) is 0 Å². The fraction of sp³-hybridized carbons (Fsp3) is 0.588. The molecule has 0 aromatic carbocycles. The number of aryl methyl sites for hydroxylation is 2. The topological polar surface area (TPSA) is 64.7 Å². The summed E-state index contributed by atoms with van der Waals surface area (Å²) in [4.78, 5) is 16.8. The van der Waals surface area contributed by atoms with E-state index in [1.807, 2.05) is 19.6 Å². The van der Waals surface area contributed by atoms with Gasteiger partial charge in [-0.1, -0.05) is 13.8 Å². The number of hydrogen-bond acceptors (Lipinski definition) is 3. The second-order valence-corrected chi connectivity index (χ2v) is 6.72. The predicted molar refractivity (Wildman–Crippen MR) is 88.1 cm³/mol. The molecule has 0 radical (unpaired) electrons. The number of nitrogens with zero attached hydrogens (tertiary/aromatic N) is 4. The molecule has 0 bridgehead atoms. The van der Waals surface area contributed by atoms with Crippen LogP contribution in [0.4, 0.5) is 0 Å². The van der Waals surface area contributed by atoms with Crippen LogP contribution in [0.15, 0.2) is 12.5 Å². The van der Waals surface area contributed by atoms with Gasteiger partial charge in [0.25, 0.3) is 5.91 Å². The summed E-state index contributed by atoms with van der Waals surface area (Å²) in [6.45, 7) is 5.74. The van der Waals surface area contributed by atoms with Crippen molar-refractivity contribution in [2.24, 2.45) is 13.0 Å². The Morgan fingerprint density at radius 1 is 1.35 bits per heavy atom. The Hall–Kier alpha value is -2.11. The predicted octanol–water partition coefficient (Wildman–Crippen LogP) is 2.08. The zero-order valence-corrected chi connectivity index (χ0v) is 14.2. The Balaban J connectivity index is 1.71. The van der Waals surface area contributed by atoms with Gasteiger partial charge in [0.2, 0.25) is 0 Å². The third-order valence-corrected chi connectivity index (χ3v) is 4.32. The number of hydrogen-bond donors (Lipinski definition) is 1. The van der Waals surface area contributed by atoms with E-state index in [9.17, 15) is 4.79 Å². The monoisotopic (exact) mass is 315 g/mol. The third-order valence-electron chi connectivity index (χ3n) is 4.32. The van der Waals surface area contributed by atoms with Crippen molar-refractivity contribution in [2.45, 2.75) is 52.6 Å². The largest absolute Gasteiger partial charge is 0.345 e. The molecule has 2 aromatic rings. The van der Waals surface area contributed by atoms with E-state index in [-0.39, 0.29) is 5.91 Å². The molecule has 1 aliphatic carbocycles. The summed E-state index contributed by atoms with van der Waals surface area (Å²) in [6.07, 6.45) is 7.89. The SMILES string of the molecule is CC(C)Cn1cncc1CNC(=O)c1c2c(nn1C)CCCC2. The van der Waals surface area contributed by atoms with Crippen LogP contribution in [0.2, 0.25) is 0 Å². The molecule has 2 heterocycles. The van der Waals surface area contributed by atoms with Crippen LogP contribution in [-0.2, 0) is 33.0 Å². The first-order valence-corrected chi connectivity index (χ1v) is 8.38. The van der Waals surface area contributed by atoms with Gasteiger partial charge in [-0.15, -0.1) is 0 Å². The molecule has 2 aromatic heterocycles. The van der Waals surface area contributed by atoms with Crippen LogP contribution in [0.25, 0.3) is 0 Å². The molecule has 0 aliphatic heterocycles. The number of carbonyl (C=O) groups excluding carboxylic acids is 1. The Morgan fingerprint density at radius 3 is 2.91 bits per heavy atom. The van der Waals surface area contributed by atoms with E-state index in [2.05, 4.69) is 33.8 Å². The molecule has 1 N–H and O–H groups in total. The minimum Gasteiger partial charge on any atom is -0.345 e. The van der Waals surface area contributed by atoms with Crippen LogP contribution in [0.5, 0.6) is 0 Å². The van der Waals surface area contributed by atoms with Gasteiger partial charge in [-0.05, 0) is 31.6 Å². The second kappa shape index (κ2) is 6.56. The fourth-order valence-electron chi connectivity index (χ4n) is 3.27. The van der Waals surface area contributed by atoms with Crippen molar-refractivity contribution in [1.29, 1.82) is 0 Å². The summed E-state index contributed by atoms with van der Waals surface area (Å²) in [5, 5.41) is 7.54. The van der Waals surface area contributed by atoms with Gasteiger partial charge < -0.3 is 9.88 Å². The van der Waals surface area contributed by atoms with Crippen LogP contribution in [-0.4, -0.2) is 25.2 Å². The highest BCUT2D eigenvalue weighted by atomic mass is 16.2. The van der Waals surface area contributed by atoms with Gasteiger partial charge in [0.1, 0.15) is 5.69 Å². The van der Waals surface area contributed by atoms with E-state index < -0.39 is 0 Å². The number of nitrogens with one attached hydrogen (secondary N) is 1. The molecule has 6 nitrogen and oxygen atoms in total. The highest BCUT2D eigenvalue weighted by Gasteiger charge is 2.23. The summed E-state index contributed by atoms with van der Waals surface area (Å²) in [5.74, 6) is 0.503. The van der Waals surface area contributed by atoms with E-state index in [1.54, 1.807) is 4.68 Å². The first-order chi connectivity index (χ1) is 11.1. The van der Waals surface area contributed by atoms with E-state index in [4.69, 9.17) is 0 Å². The summed E-state index contributed by atoms with van der Waals surface area (Å²) < 4.78 is 3.83. The van der Waals surface area contributed by atoms with Crippen molar-refractivity contribution in [1.82, 2.24) is 24.6 Å². The summed E-state index contributed by atoms with van der Waals surface area (Å²) >= 11 is 0. The third kappa shape index (κ3) is 3.30. The van der Waals surface area contributed by atoms with Crippen LogP contribution < -0.4 is 5.32 Å². The number of rotatable bonds is 5. The number of carbonyl (C=O) groups is 1. The Morgan fingerprint density at radius 2 is 2.13 bits per heavy atom. The molecular weight excluding hydrogens is 290 g/mol. The number of fused-ring (bicyclic) bond motifs is 1. The lowest BCUT2D eigenvalue weighted by molar-refractivity contribution is 0.0939. The lowest BCUT2D eigenvalue weighted by Gasteiger charge is -2.13. The number of amides is 1. The summed E-state index contributed by atoms with van der Waals surface area (Å²) in [7, 11) is 1.86. The van der Waals surface area contributed by atoms with Gasteiger partial charge in [0, 0.05) is 25.4 Å². The minimum absolute atomic E-state index is 0.0413. The van der Waals surface area contributed by atoms with E-state index >= 15 is 0 Å². The molecule has 124 valence electrons. The average Bonchev–Trinajstić information content (AvgIpc) is 3.07. The van der Waals surface area contributed by atoms with Gasteiger partial charge >= 0.3 is 0 Å². The Bertz CT molecular complexity index is 698. The van der Waals surface area contributed by atoms with Crippen molar-refractivity contribution in [3.8, 4) is 0 Å². The van der Waals surface area contributed by atoms with Crippen molar-refractivity contribution in [3.63, 3.8) is 0 Å². The summed E-state index contributed by atoms with van der Waals surface area (Å²) in [6, 6.07) is 0. The average molecular weight is 315 g/mol. The second-order valence-electron chi connectivity index (χ2n) is 6.72. The molecular formula is C17H25N5O. The highest BCUT2D eigenvalue weighted by molar-refractivity contribution is 5.94. The minimum atomic E-state index is -0.0413. The standard InChI is InChI=1S/C17H25N5O/c1-12(2)10-22-11-18-8-13(22)9-19-17(23)16-14-6-4-5-7-15(14)20-21(16)3/h8,11-12H,4-7,9-10H2,1-3H3,(H,19,23). The summed E-state index contributed by atoms with van der Waals surface area (Å²) in [5.41, 5.74) is 3.97. The Labute approximate surface area is 136 Å². The number of aromatic nitrogens is 4. The van der Waals surface area contributed by atoms with Crippen molar-refractivity contribution >= 4 is 5.91 Å². The first-order valence-electron chi connectivity index (χ1n) is 8.38. The molecule has 6 heteroatoms. The van der Waals surface area contributed by atoms with Crippen LogP contribution in [0, 0.1) is 5.92 Å². The van der Waals surface area contributed by atoms with Crippen LogP contribution in [0.1, 0.15) is 54.1 Å². The molecule has 1 amide bonds. The molecule has 0 atom stereocenters.